The van der Waals surface area contributed by atoms with E-state index in [0.717, 1.165) is 9.80 Å². The predicted molar refractivity (Wildman–Crippen MR) is 273 cm³/mol. The van der Waals surface area contributed by atoms with Gasteiger partial charge in [-0.3, -0.25) is 4.79 Å². The molecule has 3 fully saturated rings. The molecule has 2 saturated heterocycles. The van der Waals surface area contributed by atoms with Crippen molar-refractivity contribution < 1.29 is 87.1 Å². The lowest BCUT2D eigenvalue weighted by molar-refractivity contribution is -0.306. The van der Waals surface area contributed by atoms with Gasteiger partial charge >= 0.3 is 30.5 Å². The zero-order valence-electron chi connectivity index (χ0n) is 47.6. The van der Waals surface area contributed by atoms with Crippen LogP contribution in [-0.2, 0) is 42.7 Å². The van der Waals surface area contributed by atoms with E-state index >= 15 is 0 Å². The van der Waals surface area contributed by atoms with Crippen molar-refractivity contribution in [3.8, 4) is 0 Å². The zero-order chi connectivity index (χ0) is 57.7. The second kappa shape index (κ2) is 24.4. The fraction of sp³-hybridized carbons (Fsp3) is 0.843. The van der Waals surface area contributed by atoms with E-state index in [1.807, 2.05) is 0 Å². The average molecular weight is 1090 g/mol. The van der Waals surface area contributed by atoms with Crippen molar-refractivity contribution in [2.45, 2.75) is 224 Å². The van der Waals surface area contributed by atoms with E-state index in [2.05, 4.69) is 26.6 Å². The van der Waals surface area contributed by atoms with Crippen LogP contribution in [0.5, 0.6) is 0 Å². The fourth-order valence-electron chi connectivity index (χ4n) is 9.11. The van der Waals surface area contributed by atoms with Gasteiger partial charge in [-0.15, -0.1) is 0 Å². The topological polar surface area (TPSA) is 324 Å². The Morgan fingerprint density at radius 1 is 0.711 bits per heavy atom. The van der Waals surface area contributed by atoms with E-state index in [4.69, 9.17) is 37.9 Å². The highest BCUT2D eigenvalue weighted by molar-refractivity contribution is 5.89. The first-order valence-electron chi connectivity index (χ1n) is 25.9. The molecular formula is C51H89N7O18. The van der Waals surface area contributed by atoms with Crippen LogP contribution in [0.25, 0.3) is 0 Å². The van der Waals surface area contributed by atoms with E-state index in [1.54, 1.807) is 110 Å². The van der Waals surface area contributed by atoms with Gasteiger partial charge in [0.05, 0.1) is 50.5 Å². The Morgan fingerprint density at radius 3 is 1.78 bits per heavy atom. The van der Waals surface area contributed by atoms with Gasteiger partial charge in [0.2, 0.25) is 0 Å². The minimum atomic E-state index is -2.16. The van der Waals surface area contributed by atoms with Crippen molar-refractivity contribution >= 4 is 36.4 Å². The smallest absolute Gasteiger partial charge is 0.410 e. The van der Waals surface area contributed by atoms with Crippen LogP contribution in [-0.4, -0.2) is 207 Å². The lowest BCUT2D eigenvalue weighted by Crippen LogP contribution is -2.74. The Labute approximate surface area is 447 Å². The summed E-state index contributed by atoms with van der Waals surface area (Å²) in [7, 11) is 1.32. The molecule has 0 bridgehead atoms. The summed E-state index contributed by atoms with van der Waals surface area (Å²) in [5.74, 6) is -1.88. The van der Waals surface area contributed by atoms with Gasteiger partial charge in [0.1, 0.15) is 57.7 Å². The number of alkyl carbamates (subject to hydrolysis) is 3. The molecule has 9 N–H and O–H groups in total. The number of carbonyl (C=O) groups excluding carboxylic acids is 6. The highest BCUT2D eigenvalue weighted by Crippen LogP contribution is 2.39. The molecule has 0 aromatic carbocycles. The van der Waals surface area contributed by atoms with Gasteiger partial charge in [-0.25, -0.2) is 24.0 Å². The molecule has 0 radical (unpaired) electrons. The molecule has 0 spiro atoms. The minimum Gasteiger partial charge on any atom is -0.491 e. The van der Waals surface area contributed by atoms with Gasteiger partial charge in [0, 0.05) is 25.6 Å². The number of aliphatic hydroxyl groups excluding tert-OH is 2. The van der Waals surface area contributed by atoms with Crippen LogP contribution in [0.2, 0.25) is 0 Å². The molecular weight excluding hydrogens is 999 g/mol. The second-order valence-electron chi connectivity index (χ2n) is 25.4. The standard InChI is InChI=1S/C51H89N7O18/c1-45(2,3)72-40(62)53-22-18-21-52-24-28-19-20-29(55-41(63)73-46(4,5)6)35(70-28)32-30(56-42(64)74-47(7,8)9)23-31(54-39(61)51(68)25-58(26-51)44(66)76-49(13,14)15)36(33(32)59)71-38-34(60)37(50(16,67)27-69-38)57(17)43(65)75-48(10,11)12/h19,29-38,52,59-60,67-68H,18,20-27H2,1-17H3,(H,53,62)(H,54,61)(H,55,63)(H,56,64)/t29-,30+,31-,32?,33+,34-,35+,36+,37-,38-,50+/m1/s1. The molecule has 1 unspecified atom stereocenters. The van der Waals surface area contributed by atoms with Crippen molar-refractivity contribution in [1.82, 2.24) is 36.4 Å². The first-order chi connectivity index (χ1) is 34.6. The molecule has 1 aliphatic carbocycles. The average Bonchev–Trinajstić information content (AvgIpc) is 3.20. The maximum absolute atomic E-state index is 14.3. The maximum atomic E-state index is 14.3. The zero-order valence-corrected chi connectivity index (χ0v) is 47.6. The summed E-state index contributed by atoms with van der Waals surface area (Å²) in [4.78, 5) is 82.3. The third kappa shape index (κ3) is 18.9. The van der Waals surface area contributed by atoms with Crippen LogP contribution in [0.4, 0.5) is 24.0 Å². The quantitative estimate of drug-likeness (QED) is 0.0892. The molecule has 1 saturated carbocycles. The Morgan fingerprint density at radius 2 is 1.24 bits per heavy atom. The van der Waals surface area contributed by atoms with Crippen molar-refractivity contribution in [3.63, 3.8) is 0 Å². The predicted octanol–water partition coefficient (Wildman–Crippen LogP) is 2.89. The summed E-state index contributed by atoms with van der Waals surface area (Å²) in [6.07, 6.45) is -10.1. The molecule has 0 aromatic heterocycles. The van der Waals surface area contributed by atoms with Crippen molar-refractivity contribution in [2.24, 2.45) is 5.92 Å². The van der Waals surface area contributed by atoms with Gasteiger partial charge in [0.15, 0.2) is 11.9 Å². The van der Waals surface area contributed by atoms with Crippen molar-refractivity contribution in [3.05, 3.63) is 11.8 Å². The van der Waals surface area contributed by atoms with Crippen LogP contribution < -0.4 is 26.6 Å². The number of hydrogen-bond acceptors (Lipinski definition) is 19. The molecule has 4 rings (SSSR count). The normalized spacial score (nSPS) is 29.0. The Kier molecular flexibility index (Phi) is 20.4. The van der Waals surface area contributed by atoms with Crippen molar-refractivity contribution in [1.29, 1.82) is 0 Å². The number of β-amino-alcohol motifs (C(OH)–C–C–N with tert-alkyl or cyclic N) is 1. The van der Waals surface area contributed by atoms with E-state index in [1.165, 1.54) is 14.0 Å². The van der Waals surface area contributed by atoms with Crippen molar-refractivity contribution in [2.75, 3.05) is 46.4 Å². The summed E-state index contributed by atoms with van der Waals surface area (Å²) in [6, 6.07) is -4.93. The third-order valence-electron chi connectivity index (χ3n) is 12.1. The summed E-state index contributed by atoms with van der Waals surface area (Å²) in [6.45, 7) is 26.0. The number of ether oxygens (including phenoxy) is 8. The largest absolute Gasteiger partial charge is 0.491 e. The van der Waals surface area contributed by atoms with Crippen LogP contribution in [0.15, 0.2) is 11.8 Å². The summed E-state index contributed by atoms with van der Waals surface area (Å²) < 4.78 is 46.8. The molecule has 11 atom stereocenters. The van der Waals surface area contributed by atoms with Gasteiger partial charge in [0.25, 0.3) is 5.91 Å². The van der Waals surface area contributed by atoms with Gasteiger partial charge in [-0.2, -0.15) is 0 Å². The lowest BCUT2D eigenvalue weighted by Gasteiger charge is -2.52. The third-order valence-corrected chi connectivity index (χ3v) is 12.1. The van der Waals surface area contributed by atoms with Crippen LogP contribution in [0.3, 0.4) is 0 Å². The molecule has 0 aromatic rings. The second-order valence-corrected chi connectivity index (χ2v) is 25.4. The van der Waals surface area contributed by atoms with E-state index < -0.39 is 156 Å². The highest BCUT2D eigenvalue weighted by atomic mass is 16.7. The monoisotopic (exact) mass is 1090 g/mol. The van der Waals surface area contributed by atoms with Crippen LogP contribution >= 0.6 is 0 Å². The SMILES string of the molecule is CN(C(=O)OC(C)(C)C)[C@@H]1[C@@H](O)[C@@H](O[C@H]2[C@H](NC(=O)C3(O)CN(C(=O)OC(C)(C)C)C3)C[C@H](NC(=O)OC(C)(C)C)C([C@H]3OC(CNCCCNC(=O)OC(C)(C)C)=CC[C@H]3NC(=O)OC(C)(C)C)[C@@H]2O)OC[C@]1(C)O. The number of aliphatic hydroxyl groups is 4. The van der Waals surface area contributed by atoms with Gasteiger partial charge in [-0.1, -0.05) is 0 Å². The molecule has 6 amide bonds. The maximum Gasteiger partial charge on any atom is 0.410 e. The lowest BCUT2D eigenvalue weighted by atomic mass is 9.72. The first kappa shape index (κ1) is 63.6. The van der Waals surface area contributed by atoms with E-state index in [9.17, 15) is 49.2 Å². The molecule has 3 heterocycles. The van der Waals surface area contributed by atoms with Gasteiger partial charge < -0.3 is 94.7 Å². The van der Waals surface area contributed by atoms with Crippen LogP contribution in [0.1, 0.15) is 130 Å². The Balaban J connectivity index is 1.78. The number of rotatable bonds is 14. The fourth-order valence-corrected chi connectivity index (χ4v) is 9.11. The summed E-state index contributed by atoms with van der Waals surface area (Å²) >= 11 is 0. The molecule has 4 aliphatic rings. The molecule has 436 valence electrons. The molecule has 25 heteroatoms. The van der Waals surface area contributed by atoms with E-state index in [0.29, 0.717) is 25.3 Å². The molecule has 3 aliphatic heterocycles. The number of likely N-dealkylation sites (N-methyl/N-ethyl adjacent to an activating group) is 1. The number of hydrogen-bond donors (Lipinski definition) is 9. The molecule has 76 heavy (non-hydrogen) atoms. The minimum absolute atomic E-state index is 0.120. The number of nitrogens with one attached hydrogen (secondary N) is 5. The number of carbonyl (C=O) groups is 6. The Hall–Kier alpha value is -4.92. The summed E-state index contributed by atoms with van der Waals surface area (Å²) in [5, 5.41) is 62.7. The Bertz CT molecular complexity index is 2070. The number of nitrogens with zero attached hydrogens (tertiary/aromatic N) is 2. The van der Waals surface area contributed by atoms with E-state index in [-0.39, 0.29) is 19.4 Å². The molecule has 25 nitrogen and oxygen atoms in total. The first-order valence-corrected chi connectivity index (χ1v) is 25.9. The summed E-state index contributed by atoms with van der Waals surface area (Å²) in [5.41, 5.74) is -8.49. The number of amides is 6. The van der Waals surface area contributed by atoms with Crippen LogP contribution in [0, 0.1) is 5.92 Å². The number of likely N-dealkylation sites (tertiary alicyclic amines) is 1. The highest BCUT2D eigenvalue weighted by Gasteiger charge is 2.58. The van der Waals surface area contributed by atoms with Gasteiger partial charge in [-0.05, 0) is 143 Å².